The Kier molecular flexibility index (Phi) is 5.60. The maximum Gasteiger partial charge on any atom is 0.227 e. The van der Waals surface area contributed by atoms with Crippen LogP contribution >= 0.6 is 11.8 Å². The third kappa shape index (κ3) is 4.02. The summed E-state index contributed by atoms with van der Waals surface area (Å²) in [7, 11) is 0. The summed E-state index contributed by atoms with van der Waals surface area (Å²) in [5, 5.41) is 20.0. The number of nitrogens with one attached hydrogen (secondary N) is 2. The minimum Gasteiger partial charge on any atom is -0.435 e. The number of nitrogens with zero attached hydrogens (tertiary/aromatic N) is 2. The minimum absolute atomic E-state index is 0.330. The van der Waals surface area contributed by atoms with Gasteiger partial charge in [0.05, 0.1) is 16.4 Å². The highest BCUT2D eigenvalue weighted by atomic mass is 32.2. The Morgan fingerprint density at radius 3 is 2.18 bits per heavy atom. The molecule has 7 rings (SSSR count). The number of aromatic nitrogens is 2. The van der Waals surface area contributed by atoms with Crippen LogP contribution in [0.2, 0.25) is 0 Å². The summed E-state index contributed by atoms with van der Waals surface area (Å²) >= 11 is 1.16. The van der Waals surface area contributed by atoms with Crippen LogP contribution in [0.15, 0.2) is 126 Å². The van der Waals surface area contributed by atoms with E-state index in [9.17, 15) is 0 Å². The van der Waals surface area contributed by atoms with E-state index in [1.165, 1.54) is 0 Å². The maximum absolute atomic E-state index is 8.74. The summed E-state index contributed by atoms with van der Waals surface area (Å²) in [4.78, 5) is 4.78. The van der Waals surface area contributed by atoms with Gasteiger partial charge in [0.25, 0.3) is 0 Å². The molecule has 0 amide bonds. The highest BCUT2D eigenvalue weighted by molar-refractivity contribution is 8.27. The first-order valence-corrected chi connectivity index (χ1v) is 13.4. The van der Waals surface area contributed by atoms with Gasteiger partial charge >= 0.3 is 0 Å². The van der Waals surface area contributed by atoms with Crippen LogP contribution in [0.3, 0.4) is 0 Å². The number of rotatable bonds is 4. The van der Waals surface area contributed by atoms with E-state index in [-0.39, 0.29) is 0 Å². The summed E-state index contributed by atoms with van der Waals surface area (Å²) in [6.45, 7) is 0. The van der Waals surface area contributed by atoms with Crippen molar-refractivity contribution in [3.05, 3.63) is 132 Å². The number of fused-ring (bicyclic) bond motifs is 5. The van der Waals surface area contributed by atoms with E-state index in [1.807, 2.05) is 97.1 Å². The Morgan fingerprint density at radius 1 is 0.667 bits per heavy atom. The van der Waals surface area contributed by atoms with Crippen LogP contribution in [0.5, 0.6) is 0 Å². The van der Waals surface area contributed by atoms with Crippen molar-refractivity contribution in [2.45, 2.75) is 0 Å². The Balaban J connectivity index is 1.35. The topological polar surface area (TPSA) is 78.7 Å². The monoisotopic (exact) mass is 522 g/mol. The second-order valence-corrected chi connectivity index (χ2v) is 10.2. The van der Waals surface area contributed by atoms with Gasteiger partial charge in [0.15, 0.2) is 5.58 Å². The van der Waals surface area contributed by atoms with Crippen LogP contribution < -0.4 is 0 Å². The summed E-state index contributed by atoms with van der Waals surface area (Å²) in [6, 6.07) is 39.8. The number of benzene rings is 5. The molecule has 0 aliphatic carbocycles. The lowest BCUT2D eigenvalue weighted by atomic mass is 10.1. The third-order valence-electron chi connectivity index (χ3n) is 6.82. The number of hydrogen-bond donors (Lipinski definition) is 2. The molecule has 0 unspecified atom stereocenters. The van der Waals surface area contributed by atoms with Gasteiger partial charge < -0.3 is 8.98 Å². The van der Waals surface area contributed by atoms with Crippen LogP contribution in [0, 0.1) is 10.8 Å². The van der Waals surface area contributed by atoms with E-state index in [0.29, 0.717) is 16.0 Å². The lowest BCUT2D eigenvalue weighted by Gasteiger charge is -2.11. The zero-order valence-electron chi connectivity index (χ0n) is 20.8. The van der Waals surface area contributed by atoms with Gasteiger partial charge in [0.2, 0.25) is 5.89 Å². The quantitative estimate of drug-likeness (QED) is 0.179. The Labute approximate surface area is 228 Å². The molecule has 0 fully saturated rings. The van der Waals surface area contributed by atoms with E-state index in [4.69, 9.17) is 20.2 Å². The fourth-order valence-electron chi connectivity index (χ4n) is 5.02. The smallest absolute Gasteiger partial charge is 0.227 e. The van der Waals surface area contributed by atoms with Crippen LogP contribution in [-0.2, 0) is 0 Å². The minimum atomic E-state index is 0.330. The molecule has 0 radical (unpaired) electrons. The second kappa shape index (κ2) is 9.42. The summed E-state index contributed by atoms with van der Waals surface area (Å²) in [6.07, 6.45) is 0. The fourth-order valence-corrected chi connectivity index (χ4v) is 5.72. The first kappa shape index (κ1) is 23.2. The number of para-hydroxylation sites is 1. The molecule has 0 aliphatic heterocycles. The molecule has 5 nitrogen and oxygen atoms in total. The van der Waals surface area contributed by atoms with Crippen LogP contribution in [0.4, 0.5) is 0 Å². The van der Waals surface area contributed by atoms with Gasteiger partial charge in [-0.3, -0.25) is 10.8 Å². The predicted octanol–water partition coefficient (Wildman–Crippen LogP) is 8.68. The molecule has 39 heavy (non-hydrogen) atoms. The Hall–Kier alpha value is -4.94. The van der Waals surface area contributed by atoms with E-state index >= 15 is 0 Å². The van der Waals surface area contributed by atoms with Crippen molar-refractivity contribution in [3.63, 3.8) is 0 Å². The summed E-state index contributed by atoms with van der Waals surface area (Å²) in [5.74, 6) is 0.600. The normalized spacial score (nSPS) is 11.4. The van der Waals surface area contributed by atoms with Crippen molar-refractivity contribution in [2.75, 3.05) is 0 Å². The molecule has 7 aromatic rings. The molecule has 186 valence electrons. The molecule has 0 saturated carbocycles. The lowest BCUT2D eigenvalue weighted by Crippen LogP contribution is -2.02. The average Bonchev–Trinajstić information content (AvgIpc) is 3.57. The molecule has 0 atom stereocenters. The average molecular weight is 523 g/mol. The molecule has 2 aromatic heterocycles. The zero-order valence-corrected chi connectivity index (χ0v) is 21.6. The number of thioether (sulfide) groups is 1. The first-order valence-electron chi connectivity index (χ1n) is 12.6. The van der Waals surface area contributed by atoms with Crippen molar-refractivity contribution in [3.8, 4) is 17.1 Å². The number of hydrogen-bond acceptors (Lipinski definition) is 5. The van der Waals surface area contributed by atoms with Gasteiger partial charge in [-0.1, -0.05) is 90.6 Å². The zero-order chi connectivity index (χ0) is 26.3. The van der Waals surface area contributed by atoms with E-state index in [1.54, 1.807) is 0 Å². The van der Waals surface area contributed by atoms with Gasteiger partial charge in [-0.15, -0.1) is 0 Å². The molecular formula is C33H22N4OS. The summed E-state index contributed by atoms with van der Waals surface area (Å²) in [5.41, 5.74) is 7.08. The first-order chi connectivity index (χ1) is 19.2. The van der Waals surface area contributed by atoms with E-state index in [2.05, 4.69) is 28.8 Å². The summed E-state index contributed by atoms with van der Waals surface area (Å²) < 4.78 is 8.59. The standard InChI is InChI=1S/C33H22N4OS/c34-31(21-10-3-1-4-11-21)39-32(35)23-14-9-15-24(20-23)37-27-17-8-7-16-25(27)29-28(37)19-18-26-30(29)38-33(36-26)22-12-5-2-6-13-22/h1-20,34-35H. The molecule has 5 aromatic carbocycles. The molecule has 0 bridgehead atoms. The maximum atomic E-state index is 8.74. The van der Waals surface area contributed by atoms with Crippen molar-refractivity contribution >= 4 is 54.8 Å². The Bertz CT molecular complexity index is 2020. The van der Waals surface area contributed by atoms with Gasteiger partial charge in [0, 0.05) is 27.8 Å². The van der Waals surface area contributed by atoms with Gasteiger partial charge in [0.1, 0.15) is 15.6 Å². The molecule has 0 aliphatic rings. The van der Waals surface area contributed by atoms with Crippen LogP contribution in [-0.4, -0.2) is 19.6 Å². The van der Waals surface area contributed by atoms with Crippen molar-refractivity contribution < 1.29 is 4.42 Å². The molecule has 0 saturated heterocycles. The van der Waals surface area contributed by atoms with E-state index < -0.39 is 0 Å². The second-order valence-electron chi connectivity index (χ2n) is 9.22. The molecule has 0 spiro atoms. The fraction of sp³-hybridized carbons (Fsp3) is 0. The SMILES string of the molecule is N=C(SC(=N)c1cccc(-n2c3ccccc3c3c4oc(-c5ccccc5)nc4ccc32)c1)c1ccccc1. The molecule has 2 N–H and O–H groups in total. The van der Waals surface area contributed by atoms with Gasteiger partial charge in [-0.25, -0.2) is 4.98 Å². The number of oxazole rings is 1. The highest BCUT2D eigenvalue weighted by Gasteiger charge is 2.19. The van der Waals surface area contributed by atoms with Crippen molar-refractivity contribution in [1.29, 1.82) is 10.8 Å². The predicted molar refractivity (Wildman–Crippen MR) is 161 cm³/mol. The van der Waals surface area contributed by atoms with E-state index in [0.717, 1.165) is 67.0 Å². The van der Waals surface area contributed by atoms with Crippen LogP contribution in [0.1, 0.15) is 11.1 Å². The van der Waals surface area contributed by atoms with Crippen molar-refractivity contribution in [1.82, 2.24) is 9.55 Å². The lowest BCUT2D eigenvalue weighted by molar-refractivity contribution is 0.623. The van der Waals surface area contributed by atoms with Gasteiger partial charge in [-0.2, -0.15) is 0 Å². The third-order valence-corrected chi connectivity index (χ3v) is 7.70. The molecule has 6 heteroatoms. The van der Waals surface area contributed by atoms with Crippen LogP contribution in [0.25, 0.3) is 50.0 Å². The van der Waals surface area contributed by atoms with Gasteiger partial charge in [-0.05, 0) is 42.5 Å². The molecule has 2 heterocycles. The Morgan fingerprint density at radius 2 is 1.36 bits per heavy atom. The highest BCUT2D eigenvalue weighted by Crippen LogP contribution is 2.38. The largest absolute Gasteiger partial charge is 0.435 e. The molecular weight excluding hydrogens is 500 g/mol. The van der Waals surface area contributed by atoms with Crippen molar-refractivity contribution in [2.24, 2.45) is 0 Å².